The van der Waals surface area contributed by atoms with E-state index in [9.17, 15) is 26.3 Å². The summed E-state index contributed by atoms with van der Waals surface area (Å²) in [5, 5.41) is 0.476. The second kappa shape index (κ2) is 3.66. The normalized spacial score (nSPS) is 40.9. The van der Waals surface area contributed by atoms with Crippen molar-refractivity contribution in [3.8, 4) is 0 Å². The van der Waals surface area contributed by atoms with Crippen LogP contribution in [0.5, 0.6) is 0 Å². The summed E-state index contributed by atoms with van der Waals surface area (Å²) >= 11 is 8.71. The summed E-state index contributed by atoms with van der Waals surface area (Å²) in [6.45, 7) is 0. The first kappa shape index (κ1) is 13.7. The molecule has 1 aliphatic carbocycles. The number of piperidine rings is 1. The van der Waals surface area contributed by atoms with Crippen LogP contribution >= 0.6 is 27.5 Å². The molecule has 0 aromatic heterocycles. The maximum absolute atomic E-state index is 12.8. The van der Waals surface area contributed by atoms with Crippen LogP contribution in [-0.2, 0) is 0 Å². The second-order valence-electron chi connectivity index (χ2n) is 4.28. The highest BCUT2D eigenvalue weighted by Gasteiger charge is 2.81. The molecule has 0 aromatic rings. The molecule has 17 heavy (non-hydrogen) atoms. The monoisotopic (exact) mass is 345 g/mol. The van der Waals surface area contributed by atoms with E-state index < -0.39 is 40.1 Å². The number of hydrogen-bond donors (Lipinski definition) is 1. The highest BCUT2D eigenvalue weighted by atomic mass is 79.9. The van der Waals surface area contributed by atoms with E-state index in [1.54, 1.807) is 5.32 Å². The summed E-state index contributed by atoms with van der Waals surface area (Å²) in [5.74, 6) is -1.70. The van der Waals surface area contributed by atoms with E-state index in [0.717, 1.165) is 0 Å². The molecular formula is C8H7BrClF6N. The van der Waals surface area contributed by atoms with E-state index in [0.29, 0.717) is 0 Å². The fourth-order valence-corrected chi connectivity index (χ4v) is 4.24. The zero-order valence-electron chi connectivity index (χ0n) is 8.04. The van der Waals surface area contributed by atoms with Crippen LogP contribution in [0.1, 0.15) is 6.42 Å². The second-order valence-corrected chi connectivity index (χ2v) is 5.96. The van der Waals surface area contributed by atoms with Crippen molar-refractivity contribution in [3.63, 3.8) is 0 Å². The Labute approximate surface area is 106 Å². The van der Waals surface area contributed by atoms with Crippen LogP contribution in [0.2, 0.25) is 0 Å². The maximum atomic E-state index is 12.8. The van der Waals surface area contributed by atoms with Crippen LogP contribution in [0.25, 0.3) is 0 Å². The molecule has 1 saturated carbocycles. The summed E-state index contributed by atoms with van der Waals surface area (Å²) < 4.78 is 76.9. The predicted octanol–water partition coefficient (Wildman–Crippen LogP) is 3.21. The van der Waals surface area contributed by atoms with Crippen LogP contribution < -0.4 is 5.32 Å². The van der Waals surface area contributed by atoms with Crippen molar-refractivity contribution in [2.24, 2.45) is 5.92 Å². The SMILES string of the molecule is FC(F)(F)C1(C(F)(F)F)N[C@H]2[C@H](Cl)[C@H]1C[C@H]2Br. The Hall–Kier alpha value is 0.310. The van der Waals surface area contributed by atoms with Gasteiger partial charge in [0, 0.05) is 16.8 Å². The lowest BCUT2D eigenvalue weighted by Gasteiger charge is -2.41. The quantitative estimate of drug-likeness (QED) is 0.525. The summed E-state index contributed by atoms with van der Waals surface area (Å²) in [7, 11) is 0. The zero-order valence-corrected chi connectivity index (χ0v) is 10.4. The molecule has 0 amide bonds. The van der Waals surface area contributed by atoms with Gasteiger partial charge in [-0.3, -0.25) is 5.32 Å². The fourth-order valence-electron chi connectivity index (χ4n) is 2.67. The van der Waals surface area contributed by atoms with Gasteiger partial charge < -0.3 is 0 Å². The van der Waals surface area contributed by atoms with E-state index in [2.05, 4.69) is 15.9 Å². The third-order valence-electron chi connectivity index (χ3n) is 3.44. The number of rotatable bonds is 0. The van der Waals surface area contributed by atoms with Crippen molar-refractivity contribution in [1.82, 2.24) is 5.32 Å². The Bertz CT molecular complexity index is 315. The molecule has 0 spiro atoms. The number of alkyl halides is 8. The average Bonchev–Trinajstić information content (AvgIpc) is 2.53. The van der Waals surface area contributed by atoms with Crippen molar-refractivity contribution >= 4 is 27.5 Å². The molecule has 1 saturated heterocycles. The first-order chi connectivity index (χ1) is 7.52. The minimum atomic E-state index is -5.41. The molecule has 2 bridgehead atoms. The number of nitrogens with one attached hydrogen (secondary N) is 1. The Morgan fingerprint density at radius 3 is 1.82 bits per heavy atom. The van der Waals surface area contributed by atoms with Crippen LogP contribution in [0.3, 0.4) is 0 Å². The minimum Gasteiger partial charge on any atom is -0.290 e. The van der Waals surface area contributed by atoms with Crippen molar-refractivity contribution in [2.75, 3.05) is 0 Å². The van der Waals surface area contributed by atoms with Gasteiger partial charge in [0.15, 0.2) is 0 Å². The zero-order chi connectivity index (χ0) is 13.2. The van der Waals surface area contributed by atoms with Crippen LogP contribution in [0.15, 0.2) is 0 Å². The third kappa shape index (κ3) is 1.63. The highest BCUT2D eigenvalue weighted by molar-refractivity contribution is 9.09. The Balaban J connectivity index is 2.48. The van der Waals surface area contributed by atoms with E-state index >= 15 is 0 Å². The van der Waals surface area contributed by atoms with E-state index in [1.807, 2.05) is 0 Å². The largest absolute Gasteiger partial charge is 0.415 e. The van der Waals surface area contributed by atoms with Crippen molar-refractivity contribution < 1.29 is 26.3 Å². The van der Waals surface area contributed by atoms with Gasteiger partial charge in [-0.15, -0.1) is 11.6 Å². The van der Waals surface area contributed by atoms with Crippen molar-refractivity contribution in [3.05, 3.63) is 0 Å². The molecule has 1 aliphatic heterocycles. The van der Waals surface area contributed by atoms with Gasteiger partial charge in [0.25, 0.3) is 0 Å². The molecule has 4 atom stereocenters. The van der Waals surface area contributed by atoms with Crippen LogP contribution in [-0.4, -0.2) is 34.1 Å². The molecule has 2 aliphatic rings. The molecule has 9 heteroatoms. The third-order valence-corrected chi connectivity index (χ3v) is 4.96. The molecule has 0 unspecified atom stereocenters. The number of hydrogen-bond acceptors (Lipinski definition) is 1. The molecule has 1 heterocycles. The summed E-state index contributed by atoms with van der Waals surface area (Å²) in [6.07, 6.45) is -11.1. The number of halogens is 8. The molecule has 0 radical (unpaired) electrons. The van der Waals surface area contributed by atoms with Gasteiger partial charge in [-0.2, -0.15) is 26.3 Å². The van der Waals surface area contributed by atoms with Crippen LogP contribution in [0, 0.1) is 5.92 Å². The van der Waals surface area contributed by atoms with E-state index in [-0.39, 0.29) is 6.42 Å². The van der Waals surface area contributed by atoms with Crippen molar-refractivity contribution in [2.45, 2.75) is 40.6 Å². The molecular weight excluding hydrogens is 339 g/mol. The summed E-state index contributed by atoms with van der Waals surface area (Å²) in [4.78, 5) is -0.465. The lowest BCUT2D eigenvalue weighted by Crippen LogP contribution is -2.70. The van der Waals surface area contributed by atoms with Gasteiger partial charge in [0.2, 0.25) is 5.54 Å². The summed E-state index contributed by atoms with van der Waals surface area (Å²) in [5.41, 5.74) is -3.87. The Morgan fingerprint density at radius 1 is 1.12 bits per heavy atom. The van der Waals surface area contributed by atoms with Gasteiger partial charge >= 0.3 is 12.4 Å². The van der Waals surface area contributed by atoms with Gasteiger partial charge in [0.1, 0.15) is 0 Å². The van der Waals surface area contributed by atoms with E-state index in [4.69, 9.17) is 11.6 Å². The first-order valence-electron chi connectivity index (χ1n) is 4.71. The lowest BCUT2D eigenvalue weighted by atomic mass is 9.82. The maximum Gasteiger partial charge on any atom is 0.415 e. The summed E-state index contributed by atoms with van der Waals surface area (Å²) in [6, 6.07) is -1.02. The average molecular weight is 346 g/mol. The van der Waals surface area contributed by atoms with Crippen LogP contribution in [0.4, 0.5) is 26.3 Å². The standard InChI is InChI=1S/C8H7BrClF6N/c9-3-1-2-4(10)5(3)17-6(2,7(11,12)13)8(14,15)16/h2-5,17H,1H2/t2-,3-,4-,5-/m1/s1. The molecule has 2 fully saturated rings. The molecule has 0 aromatic carbocycles. The van der Waals surface area contributed by atoms with Gasteiger partial charge in [0.05, 0.1) is 5.38 Å². The number of fused-ring (bicyclic) bond motifs is 2. The van der Waals surface area contributed by atoms with Gasteiger partial charge in [-0.25, -0.2) is 0 Å². The smallest absolute Gasteiger partial charge is 0.290 e. The molecule has 1 N–H and O–H groups in total. The molecule has 100 valence electrons. The minimum absolute atomic E-state index is 0.245. The van der Waals surface area contributed by atoms with Gasteiger partial charge in [-0.05, 0) is 6.42 Å². The predicted molar refractivity (Wildman–Crippen MR) is 52.2 cm³/mol. The lowest BCUT2D eigenvalue weighted by molar-refractivity contribution is -0.318. The Morgan fingerprint density at radius 2 is 1.59 bits per heavy atom. The van der Waals surface area contributed by atoms with Crippen molar-refractivity contribution in [1.29, 1.82) is 0 Å². The fraction of sp³-hybridized carbons (Fsp3) is 1.00. The highest BCUT2D eigenvalue weighted by Crippen LogP contribution is 2.59. The topological polar surface area (TPSA) is 12.0 Å². The van der Waals surface area contributed by atoms with E-state index in [1.165, 1.54) is 0 Å². The molecule has 1 nitrogen and oxygen atoms in total. The van der Waals surface area contributed by atoms with Gasteiger partial charge in [-0.1, -0.05) is 15.9 Å². The molecule has 2 rings (SSSR count). The Kier molecular flexibility index (Phi) is 2.96. The first-order valence-corrected chi connectivity index (χ1v) is 6.07.